The van der Waals surface area contributed by atoms with Gasteiger partial charge in [-0.25, -0.2) is 18.3 Å². The van der Waals surface area contributed by atoms with Crippen molar-refractivity contribution in [1.29, 1.82) is 0 Å². The van der Waals surface area contributed by atoms with E-state index in [1.165, 1.54) is 150 Å². The van der Waals surface area contributed by atoms with Crippen molar-refractivity contribution >= 4 is 0 Å². The minimum atomic E-state index is -2.43. The van der Waals surface area contributed by atoms with E-state index in [1.807, 2.05) is 19.9 Å². The highest BCUT2D eigenvalue weighted by atomic mass is 14.9. The summed E-state index contributed by atoms with van der Waals surface area (Å²) in [5.41, 5.74) is 30.6. The van der Waals surface area contributed by atoms with E-state index < -0.39 is 19.6 Å². The van der Waals surface area contributed by atoms with E-state index in [1.54, 1.807) is 64.7 Å². The molecule has 8 aromatic rings. The average Bonchev–Trinajstić information content (AvgIpc) is 3.07. The molecule has 11 rings (SSSR count). The van der Waals surface area contributed by atoms with Gasteiger partial charge in [-0.2, -0.15) is 0 Å². The summed E-state index contributed by atoms with van der Waals surface area (Å²) in [4.78, 5) is 0. The SMILES string of the molecule is Cc1ccc(-c2c3c(cc[n+]2C)CCCC3)c(C)c1.Cc1ccc(-c2cc3c(c[n+]2C)CCC3)c(C)c1.Cc1ccc(-c2cc3c(c[n+]2C)CCCC3)c(C)c1.[2H]C([2H])([2H])c1c[n+](C)c(-c2ccc(C([2H])(C)C([2H])([2H])[2H])cc2C)c(C)c1C. The third-order valence-corrected chi connectivity index (χ3v) is 16.5. The topological polar surface area (TPSA) is 15.5 Å². The summed E-state index contributed by atoms with van der Waals surface area (Å²) in [5, 5.41) is 0. The van der Waals surface area contributed by atoms with Gasteiger partial charge in [0.1, 0.15) is 28.2 Å². The lowest BCUT2D eigenvalue weighted by molar-refractivity contribution is -0.661. The molecule has 0 fully saturated rings. The van der Waals surface area contributed by atoms with Gasteiger partial charge in [0.2, 0.25) is 22.8 Å². The van der Waals surface area contributed by atoms with Gasteiger partial charge in [-0.1, -0.05) is 79.0 Å². The Balaban J connectivity index is 0.000000146. The van der Waals surface area contributed by atoms with E-state index in [-0.39, 0.29) is 0 Å². The molecule has 4 heteroatoms. The van der Waals surface area contributed by atoms with Crippen LogP contribution in [0.1, 0.15) is 156 Å². The zero-order valence-electron chi connectivity index (χ0n) is 55.5. The Hall–Kier alpha value is -6.52. The molecule has 1 unspecified atom stereocenters. The standard InChI is InChI=1S/C19H26N.2C18H22N.C17H20N/c1-12(2)17-8-9-18(13(3)10-17)19-16(6)15(5)14(4)11-20(19)7;1-13-8-9-17(14(2)10-13)18-11-15-6-4-5-7-16(15)12-19(18)3;1-13-8-9-16(14(2)12-13)18-17-7-5-4-6-15(17)10-11-19(18)3;1-12-7-8-16(13(2)9-12)17-10-14-5-4-6-15(14)11-18(17)3/h8-12H,1-7H3;2*8-12H,4-7H2,1-3H3;7-11H,4-6H2,1-3H3/q4*+1/i1D3,4D3,12D;;;. The first-order valence-corrected chi connectivity index (χ1v) is 27.9. The smallest absolute Gasteiger partial charge is 0.201 e. The number of aryl methyl sites for hydroxylation is 17. The summed E-state index contributed by atoms with van der Waals surface area (Å²) in [7, 11) is 8.31. The van der Waals surface area contributed by atoms with Crippen LogP contribution < -0.4 is 18.3 Å². The molecule has 4 nitrogen and oxygen atoms in total. The second-order valence-corrected chi connectivity index (χ2v) is 22.5. The Morgan fingerprint density at radius 3 is 1.39 bits per heavy atom. The summed E-state index contributed by atoms with van der Waals surface area (Å²) in [6.07, 6.45) is 22.6. The number of pyridine rings is 4. The first-order valence-electron chi connectivity index (χ1n) is 31.4. The minimum absolute atomic E-state index is 0.321. The Morgan fingerprint density at radius 2 is 0.868 bits per heavy atom. The molecular weight excluding hydrogens is 921 g/mol. The Labute approximate surface area is 469 Å². The fourth-order valence-corrected chi connectivity index (χ4v) is 12.1. The molecule has 4 aromatic carbocycles. The molecule has 76 heavy (non-hydrogen) atoms. The molecule has 0 spiro atoms. The molecule has 0 radical (unpaired) electrons. The summed E-state index contributed by atoms with van der Waals surface area (Å²) in [5.74, 6) is -1.70. The highest BCUT2D eigenvalue weighted by molar-refractivity contribution is 5.68. The van der Waals surface area contributed by atoms with Crippen molar-refractivity contribution in [3.8, 4) is 45.0 Å². The van der Waals surface area contributed by atoms with Crippen molar-refractivity contribution in [2.75, 3.05) is 0 Å². The van der Waals surface area contributed by atoms with Gasteiger partial charge < -0.3 is 0 Å². The van der Waals surface area contributed by atoms with Crippen molar-refractivity contribution in [3.63, 3.8) is 0 Å². The Bertz CT molecular complexity index is 3710. The third-order valence-electron chi connectivity index (χ3n) is 16.5. The third kappa shape index (κ3) is 12.5. The van der Waals surface area contributed by atoms with E-state index in [2.05, 4.69) is 168 Å². The molecular formula is C72H90N4+4. The molecule has 3 aliphatic rings. The first kappa shape index (κ1) is 46.8. The molecule has 394 valence electrons. The van der Waals surface area contributed by atoms with Crippen LogP contribution in [0.25, 0.3) is 45.0 Å². The van der Waals surface area contributed by atoms with Crippen LogP contribution in [-0.2, 0) is 66.7 Å². The maximum absolute atomic E-state index is 8.28. The van der Waals surface area contributed by atoms with Gasteiger partial charge in [0.05, 0.1) is 0 Å². The zero-order valence-corrected chi connectivity index (χ0v) is 48.5. The lowest BCUT2D eigenvalue weighted by Crippen LogP contribution is -2.33. The molecule has 0 amide bonds. The summed E-state index contributed by atoms with van der Waals surface area (Å²) in [6, 6.07) is 32.6. The average molecular weight is 1020 g/mol. The predicted octanol–water partition coefficient (Wildman–Crippen LogP) is 15.2. The highest BCUT2D eigenvalue weighted by Gasteiger charge is 2.25. The van der Waals surface area contributed by atoms with Crippen LogP contribution in [0.2, 0.25) is 0 Å². The van der Waals surface area contributed by atoms with Gasteiger partial charge in [-0.05, 0) is 220 Å². The van der Waals surface area contributed by atoms with Crippen LogP contribution >= 0.6 is 0 Å². The Kier molecular flexibility index (Phi) is 14.9. The molecule has 4 aromatic heterocycles. The van der Waals surface area contributed by atoms with E-state index in [0.29, 0.717) is 11.1 Å². The van der Waals surface area contributed by atoms with Gasteiger partial charge >= 0.3 is 0 Å². The van der Waals surface area contributed by atoms with E-state index in [4.69, 9.17) is 9.60 Å². The van der Waals surface area contributed by atoms with Crippen LogP contribution in [0.5, 0.6) is 0 Å². The lowest BCUT2D eigenvalue weighted by Gasteiger charge is -2.18. The van der Waals surface area contributed by atoms with Crippen molar-refractivity contribution in [2.24, 2.45) is 28.2 Å². The molecule has 0 saturated carbocycles. The quantitative estimate of drug-likeness (QED) is 0.153. The maximum Gasteiger partial charge on any atom is 0.216 e. The summed E-state index contributed by atoms with van der Waals surface area (Å²) < 4.78 is 63.0. The van der Waals surface area contributed by atoms with Crippen molar-refractivity contribution < 1.29 is 27.9 Å². The molecule has 4 heterocycles. The number of hydrogen-bond donors (Lipinski definition) is 0. The van der Waals surface area contributed by atoms with Gasteiger partial charge in [-0.15, -0.1) is 0 Å². The number of nitrogens with zero attached hydrogens (tertiary/aromatic N) is 4. The maximum atomic E-state index is 8.28. The summed E-state index contributed by atoms with van der Waals surface area (Å²) in [6.45, 7) is 15.5. The fraction of sp³-hybridized carbons (Fsp3) is 0.389. The van der Waals surface area contributed by atoms with Gasteiger partial charge in [-0.3, -0.25) is 0 Å². The van der Waals surface area contributed by atoms with Crippen LogP contribution in [0.15, 0.2) is 116 Å². The van der Waals surface area contributed by atoms with E-state index in [0.717, 1.165) is 27.9 Å². The van der Waals surface area contributed by atoms with E-state index >= 15 is 0 Å². The monoisotopic (exact) mass is 1020 g/mol. The molecule has 1 atom stereocenters. The van der Waals surface area contributed by atoms with Crippen LogP contribution in [0.4, 0.5) is 0 Å². The molecule has 0 N–H and O–H groups in total. The molecule has 0 aliphatic heterocycles. The minimum Gasteiger partial charge on any atom is -0.201 e. The first-order chi connectivity index (χ1) is 39.0. The van der Waals surface area contributed by atoms with Crippen molar-refractivity contribution in [1.82, 2.24) is 0 Å². The number of rotatable bonds is 5. The van der Waals surface area contributed by atoms with Crippen LogP contribution in [-0.4, -0.2) is 0 Å². The Morgan fingerprint density at radius 1 is 0.408 bits per heavy atom. The predicted molar refractivity (Wildman–Crippen MR) is 319 cm³/mol. The number of benzene rings is 4. The number of aromatic nitrogens is 4. The molecule has 3 aliphatic carbocycles. The van der Waals surface area contributed by atoms with Crippen molar-refractivity contribution in [2.45, 2.75) is 159 Å². The van der Waals surface area contributed by atoms with Gasteiger partial charge in [0.25, 0.3) is 0 Å². The van der Waals surface area contributed by atoms with Gasteiger partial charge in [0.15, 0.2) is 24.8 Å². The zero-order chi connectivity index (χ0) is 60.5. The lowest BCUT2D eigenvalue weighted by atomic mass is 9.87. The van der Waals surface area contributed by atoms with Crippen LogP contribution in [0, 0.1) is 69.2 Å². The number of fused-ring (bicyclic) bond motifs is 3. The fourth-order valence-electron chi connectivity index (χ4n) is 12.1. The molecule has 0 bridgehead atoms. The highest BCUT2D eigenvalue weighted by Crippen LogP contribution is 2.33. The largest absolute Gasteiger partial charge is 0.216 e. The second-order valence-electron chi connectivity index (χ2n) is 22.5. The van der Waals surface area contributed by atoms with Crippen molar-refractivity contribution in [3.05, 3.63) is 210 Å². The number of hydrogen-bond acceptors (Lipinski definition) is 0. The van der Waals surface area contributed by atoms with Crippen LogP contribution in [0.3, 0.4) is 0 Å². The van der Waals surface area contributed by atoms with Gasteiger partial charge in [0, 0.05) is 77.9 Å². The summed E-state index contributed by atoms with van der Waals surface area (Å²) >= 11 is 0. The second kappa shape index (κ2) is 24.2. The molecule has 0 saturated heterocycles. The van der Waals surface area contributed by atoms with E-state index in [9.17, 15) is 0 Å². The normalized spacial score (nSPS) is 15.8.